The van der Waals surface area contributed by atoms with Crippen molar-refractivity contribution in [1.82, 2.24) is 0 Å². The van der Waals surface area contributed by atoms with Gasteiger partial charge < -0.3 is 4.74 Å². The Hall–Kier alpha value is -0.530. The molecule has 72 valence electrons. The summed E-state index contributed by atoms with van der Waals surface area (Å²) in [5, 5.41) is 0. The molecule has 0 aromatic heterocycles. The average Bonchev–Trinajstić information content (AvgIpc) is 2.12. The monoisotopic (exact) mass is 180 g/mol. The van der Waals surface area contributed by atoms with Gasteiger partial charge in [0, 0.05) is 0 Å². The zero-order valence-corrected chi connectivity index (χ0v) is 8.08. The summed E-state index contributed by atoms with van der Waals surface area (Å²) in [4.78, 5) is 11.6. The van der Waals surface area contributed by atoms with Gasteiger partial charge in [-0.2, -0.15) is 0 Å². The number of fused-ring (bicyclic) bond motifs is 1. The predicted molar refractivity (Wildman–Crippen MR) is 48.1 cm³/mol. The van der Waals surface area contributed by atoms with Crippen LogP contribution in [-0.2, 0) is 9.53 Å². The van der Waals surface area contributed by atoms with Gasteiger partial charge in [-0.05, 0) is 43.4 Å². The average molecular weight is 180 g/mol. The van der Waals surface area contributed by atoms with E-state index in [-0.39, 0.29) is 18.0 Å². The fourth-order valence-electron chi connectivity index (χ4n) is 3.82. The number of hydrogen-bond donors (Lipinski definition) is 0. The van der Waals surface area contributed by atoms with E-state index < -0.39 is 0 Å². The maximum absolute atomic E-state index is 11.6. The molecule has 4 aliphatic rings. The van der Waals surface area contributed by atoms with Crippen LogP contribution in [0.2, 0.25) is 0 Å². The lowest BCUT2D eigenvalue weighted by molar-refractivity contribution is -0.151. The highest BCUT2D eigenvalue weighted by Gasteiger charge is 2.49. The summed E-state index contributed by atoms with van der Waals surface area (Å²) in [6.07, 6.45) is 6.02. The van der Waals surface area contributed by atoms with Crippen LogP contribution in [-0.4, -0.2) is 12.1 Å². The summed E-state index contributed by atoms with van der Waals surface area (Å²) in [7, 11) is 0. The normalized spacial score (nSPS) is 53.3. The molecular formula is C11H16O2. The van der Waals surface area contributed by atoms with Gasteiger partial charge in [0.25, 0.3) is 0 Å². The number of rotatable bonds is 0. The molecule has 2 aliphatic carbocycles. The van der Waals surface area contributed by atoms with Gasteiger partial charge in [0.05, 0.1) is 5.92 Å². The molecule has 2 aliphatic heterocycles. The van der Waals surface area contributed by atoms with Crippen molar-refractivity contribution in [3.05, 3.63) is 0 Å². The molecule has 0 radical (unpaired) electrons. The van der Waals surface area contributed by atoms with Crippen LogP contribution in [0, 0.1) is 17.3 Å². The summed E-state index contributed by atoms with van der Waals surface area (Å²) < 4.78 is 5.46. The minimum Gasteiger partial charge on any atom is -0.462 e. The zero-order chi connectivity index (χ0) is 9.05. The van der Waals surface area contributed by atoms with Crippen molar-refractivity contribution in [3.63, 3.8) is 0 Å². The summed E-state index contributed by atoms with van der Waals surface area (Å²) in [6, 6.07) is 0. The van der Waals surface area contributed by atoms with Crippen LogP contribution in [0.15, 0.2) is 0 Å². The number of hydrogen-bond acceptors (Lipinski definition) is 2. The van der Waals surface area contributed by atoms with Crippen molar-refractivity contribution in [2.75, 3.05) is 0 Å². The van der Waals surface area contributed by atoms with Crippen molar-refractivity contribution in [2.24, 2.45) is 17.3 Å². The quantitative estimate of drug-likeness (QED) is 0.534. The molecule has 0 aromatic carbocycles. The summed E-state index contributed by atoms with van der Waals surface area (Å²) in [6.45, 7) is 2.33. The fourth-order valence-corrected chi connectivity index (χ4v) is 3.82. The molecule has 4 atom stereocenters. The molecule has 2 heterocycles. The maximum atomic E-state index is 11.6. The summed E-state index contributed by atoms with van der Waals surface area (Å²) >= 11 is 0. The molecule has 4 unspecified atom stereocenters. The van der Waals surface area contributed by atoms with E-state index in [4.69, 9.17) is 4.74 Å². The standard InChI is InChI=1S/C11H16O2/c1-11-4-7-2-8(5-11)10(12)13-9(3-7)6-11/h7-9H,2-6H2,1H3. The Morgan fingerprint density at radius 1 is 1.31 bits per heavy atom. The Balaban J connectivity index is 2.00. The first-order chi connectivity index (χ1) is 6.15. The van der Waals surface area contributed by atoms with Crippen LogP contribution >= 0.6 is 0 Å². The largest absolute Gasteiger partial charge is 0.462 e. The highest BCUT2D eigenvalue weighted by atomic mass is 16.5. The molecule has 4 rings (SSSR count). The third-order valence-electron chi connectivity index (χ3n) is 4.07. The van der Waals surface area contributed by atoms with Gasteiger partial charge in [0.1, 0.15) is 6.10 Å². The Kier molecular flexibility index (Phi) is 1.38. The second-order valence-electron chi connectivity index (χ2n) is 5.52. The van der Waals surface area contributed by atoms with Crippen molar-refractivity contribution < 1.29 is 9.53 Å². The fraction of sp³-hybridized carbons (Fsp3) is 0.909. The first-order valence-electron chi connectivity index (χ1n) is 5.35. The van der Waals surface area contributed by atoms with E-state index >= 15 is 0 Å². The lowest BCUT2D eigenvalue weighted by Crippen LogP contribution is -2.37. The van der Waals surface area contributed by atoms with Gasteiger partial charge in [0.15, 0.2) is 0 Å². The summed E-state index contributed by atoms with van der Waals surface area (Å²) in [5.41, 5.74) is 0.419. The molecule has 0 aromatic rings. The smallest absolute Gasteiger partial charge is 0.309 e. The molecule has 13 heavy (non-hydrogen) atoms. The molecule has 2 saturated carbocycles. The SMILES string of the molecule is CC12CC3CC(C1)OC(=O)C(C3)C2. The molecule has 4 fully saturated rings. The molecule has 0 N–H and O–H groups in total. The third-order valence-corrected chi connectivity index (χ3v) is 4.07. The van der Waals surface area contributed by atoms with Crippen LogP contribution in [0.25, 0.3) is 0 Å². The van der Waals surface area contributed by atoms with E-state index in [2.05, 4.69) is 6.92 Å². The molecule has 2 heteroatoms. The number of carbonyl (C=O) groups excluding carboxylic acids is 1. The minimum atomic E-state index is 0.0934. The van der Waals surface area contributed by atoms with E-state index in [0.717, 1.165) is 31.6 Å². The highest BCUT2D eigenvalue weighted by molar-refractivity contribution is 5.73. The maximum Gasteiger partial charge on any atom is 0.309 e. The number of carbonyl (C=O) groups is 1. The van der Waals surface area contributed by atoms with E-state index in [1.807, 2.05) is 0 Å². The van der Waals surface area contributed by atoms with E-state index in [1.54, 1.807) is 0 Å². The van der Waals surface area contributed by atoms with Gasteiger partial charge in [0.2, 0.25) is 0 Å². The second kappa shape index (κ2) is 2.28. The van der Waals surface area contributed by atoms with Gasteiger partial charge >= 0.3 is 5.97 Å². The van der Waals surface area contributed by atoms with E-state index in [0.29, 0.717) is 5.41 Å². The Labute approximate surface area is 78.6 Å². The van der Waals surface area contributed by atoms with Gasteiger partial charge in [-0.1, -0.05) is 6.92 Å². The van der Waals surface area contributed by atoms with Crippen LogP contribution in [0.3, 0.4) is 0 Å². The molecule has 0 amide bonds. The Bertz CT molecular complexity index is 261. The first kappa shape index (κ1) is 7.84. The number of esters is 1. The van der Waals surface area contributed by atoms with Gasteiger partial charge in [-0.15, -0.1) is 0 Å². The lowest BCUT2D eigenvalue weighted by Gasteiger charge is -2.44. The molecule has 0 spiro atoms. The van der Waals surface area contributed by atoms with Crippen molar-refractivity contribution in [1.29, 1.82) is 0 Å². The number of ether oxygens (including phenoxy) is 1. The predicted octanol–water partition coefficient (Wildman–Crippen LogP) is 2.13. The van der Waals surface area contributed by atoms with Crippen LogP contribution < -0.4 is 0 Å². The molecule has 2 saturated heterocycles. The lowest BCUT2D eigenvalue weighted by atomic mass is 9.60. The van der Waals surface area contributed by atoms with Crippen LogP contribution in [0.1, 0.15) is 39.0 Å². The second-order valence-corrected chi connectivity index (χ2v) is 5.52. The topological polar surface area (TPSA) is 26.3 Å². The van der Waals surface area contributed by atoms with Crippen LogP contribution in [0.4, 0.5) is 0 Å². The Morgan fingerprint density at radius 2 is 2.15 bits per heavy atom. The first-order valence-corrected chi connectivity index (χ1v) is 5.35. The molecule has 4 bridgehead atoms. The molecule has 2 nitrogen and oxygen atoms in total. The summed E-state index contributed by atoms with van der Waals surface area (Å²) in [5.74, 6) is 1.10. The van der Waals surface area contributed by atoms with Crippen LogP contribution in [0.5, 0.6) is 0 Å². The van der Waals surface area contributed by atoms with Gasteiger partial charge in [-0.3, -0.25) is 4.79 Å². The third kappa shape index (κ3) is 1.11. The van der Waals surface area contributed by atoms with Gasteiger partial charge in [-0.25, -0.2) is 0 Å². The van der Waals surface area contributed by atoms with Crippen molar-refractivity contribution in [2.45, 2.75) is 45.1 Å². The zero-order valence-electron chi connectivity index (χ0n) is 8.08. The highest BCUT2D eigenvalue weighted by Crippen LogP contribution is 2.53. The molecular weight excluding hydrogens is 164 g/mol. The van der Waals surface area contributed by atoms with E-state index in [1.165, 1.54) is 6.42 Å². The Morgan fingerprint density at radius 3 is 2.92 bits per heavy atom. The van der Waals surface area contributed by atoms with Crippen molar-refractivity contribution in [3.8, 4) is 0 Å². The van der Waals surface area contributed by atoms with E-state index in [9.17, 15) is 4.79 Å². The minimum absolute atomic E-state index is 0.0934. The van der Waals surface area contributed by atoms with Crippen molar-refractivity contribution >= 4 is 5.97 Å².